The molecule has 0 unspecified atom stereocenters. The van der Waals surface area contributed by atoms with Gasteiger partial charge in [-0.3, -0.25) is 0 Å². The topological polar surface area (TPSA) is 69.1 Å². The van der Waals surface area contributed by atoms with Crippen LogP contribution in [0.4, 0.5) is 13.9 Å². The number of hydrogen-bond acceptors (Lipinski definition) is 7. The highest BCUT2D eigenvalue weighted by Crippen LogP contribution is 2.32. The van der Waals surface area contributed by atoms with Gasteiger partial charge in [0, 0.05) is 38.8 Å². The number of phenolic OH excluding ortho intramolecular Hbond substituents is 1. The molecule has 6 nitrogen and oxygen atoms in total. The summed E-state index contributed by atoms with van der Waals surface area (Å²) in [6, 6.07) is 8.88. The highest BCUT2D eigenvalue weighted by Gasteiger charge is 2.25. The van der Waals surface area contributed by atoms with Crippen LogP contribution in [0.25, 0.3) is 10.2 Å². The predicted molar refractivity (Wildman–Crippen MR) is 117 cm³/mol. The summed E-state index contributed by atoms with van der Waals surface area (Å²) in [5.74, 6) is -1.46. The Kier molecular flexibility index (Phi) is 6.54. The van der Waals surface area contributed by atoms with E-state index in [1.54, 1.807) is 23.5 Å². The van der Waals surface area contributed by atoms with Gasteiger partial charge in [-0.25, -0.2) is 13.8 Å². The number of likely N-dealkylation sites (tertiary alicyclic amines) is 1. The summed E-state index contributed by atoms with van der Waals surface area (Å²) >= 11 is 1.57. The highest BCUT2D eigenvalue weighted by molar-refractivity contribution is 7.22. The lowest BCUT2D eigenvalue weighted by molar-refractivity contribution is 0.0593. The second-order valence-electron chi connectivity index (χ2n) is 7.83. The van der Waals surface area contributed by atoms with Crippen molar-refractivity contribution in [3.05, 3.63) is 48.0 Å². The van der Waals surface area contributed by atoms with Gasteiger partial charge in [0.25, 0.3) is 0 Å². The van der Waals surface area contributed by atoms with E-state index in [-0.39, 0.29) is 18.1 Å². The van der Waals surface area contributed by atoms with Crippen molar-refractivity contribution in [3.8, 4) is 11.5 Å². The van der Waals surface area contributed by atoms with Crippen LogP contribution in [0, 0.1) is 11.6 Å². The van der Waals surface area contributed by atoms with Gasteiger partial charge in [0.15, 0.2) is 16.8 Å². The minimum Gasteiger partial charge on any atom is -0.508 e. The van der Waals surface area contributed by atoms with Crippen molar-refractivity contribution >= 4 is 26.7 Å². The fourth-order valence-electron chi connectivity index (χ4n) is 3.81. The van der Waals surface area contributed by atoms with Gasteiger partial charge in [-0.1, -0.05) is 11.3 Å². The van der Waals surface area contributed by atoms with Crippen LogP contribution in [0.3, 0.4) is 0 Å². The van der Waals surface area contributed by atoms with E-state index in [0.29, 0.717) is 12.6 Å². The number of piperidine rings is 1. The summed E-state index contributed by atoms with van der Waals surface area (Å²) in [6.07, 6.45) is 1.15. The molecule has 2 aromatic carbocycles. The van der Waals surface area contributed by atoms with Gasteiger partial charge in [-0.2, -0.15) is 0 Å². The van der Waals surface area contributed by atoms with Crippen molar-refractivity contribution in [2.75, 3.05) is 38.2 Å². The van der Waals surface area contributed by atoms with E-state index >= 15 is 0 Å². The van der Waals surface area contributed by atoms with Crippen LogP contribution in [-0.2, 0) is 0 Å². The van der Waals surface area contributed by atoms with Crippen molar-refractivity contribution in [1.82, 2.24) is 9.88 Å². The first-order valence-corrected chi connectivity index (χ1v) is 11.0. The van der Waals surface area contributed by atoms with Gasteiger partial charge in [-0.15, -0.1) is 0 Å². The first-order chi connectivity index (χ1) is 14.9. The maximum absolute atomic E-state index is 13.2. The molecule has 9 heteroatoms. The average molecular weight is 450 g/mol. The van der Waals surface area contributed by atoms with Crippen molar-refractivity contribution in [2.24, 2.45) is 0 Å². The Morgan fingerprint density at radius 3 is 2.71 bits per heavy atom. The molecule has 0 aliphatic carbocycles. The maximum atomic E-state index is 13.2. The number of aliphatic hydroxyl groups is 1. The number of phenols is 1. The summed E-state index contributed by atoms with van der Waals surface area (Å²) in [6.45, 7) is 2.15. The first kappa shape index (κ1) is 21.7. The van der Waals surface area contributed by atoms with E-state index < -0.39 is 17.7 Å². The van der Waals surface area contributed by atoms with Crippen LogP contribution in [0.1, 0.15) is 12.8 Å². The molecule has 1 fully saturated rings. The minimum absolute atomic E-state index is 0.0173. The number of thiazole rings is 1. The number of aliphatic hydroxyl groups excluding tert-OH is 1. The third-order valence-corrected chi connectivity index (χ3v) is 6.68. The molecule has 1 aromatic heterocycles. The van der Waals surface area contributed by atoms with E-state index in [9.17, 15) is 19.0 Å². The Bertz CT molecular complexity index is 1040. The molecule has 1 saturated heterocycles. The van der Waals surface area contributed by atoms with Crippen LogP contribution in [0.2, 0.25) is 0 Å². The Balaban J connectivity index is 1.25. The Hall–Kier alpha value is -2.49. The quantitative estimate of drug-likeness (QED) is 0.574. The minimum atomic E-state index is -0.969. The standard InChI is InChI=1S/C22H25F2N3O3S/c1-26(22-25-20-5-2-15(28)10-21(20)31-22)14-6-8-27(9-7-14)12-16(29)13-30-17-3-4-18(23)19(24)11-17/h2-5,10-11,14,16,28-29H,6-9,12-13H2,1H3/t16-/m0/s1. The molecule has 0 radical (unpaired) electrons. The number of aromatic nitrogens is 1. The second-order valence-corrected chi connectivity index (χ2v) is 8.84. The zero-order valence-electron chi connectivity index (χ0n) is 17.2. The number of anilines is 1. The fraction of sp³-hybridized carbons (Fsp3) is 0.409. The zero-order valence-corrected chi connectivity index (χ0v) is 18.0. The van der Waals surface area contributed by atoms with Gasteiger partial charge >= 0.3 is 0 Å². The molecule has 0 spiro atoms. The van der Waals surface area contributed by atoms with Crippen LogP contribution in [0.5, 0.6) is 11.5 Å². The van der Waals surface area contributed by atoms with Crippen LogP contribution < -0.4 is 9.64 Å². The van der Waals surface area contributed by atoms with Crippen LogP contribution in [-0.4, -0.2) is 65.5 Å². The Morgan fingerprint density at radius 1 is 1.19 bits per heavy atom. The van der Waals surface area contributed by atoms with Crippen molar-refractivity contribution in [2.45, 2.75) is 25.0 Å². The molecule has 0 bridgehead atoms. The third-order valence-electron chi connectivity index (χ3n) is 5.57. The molecule has 1 aliphatic heterocycles. The number of benzene rings is 2. The lowest BCUT2D eigenvalue weighted by Crippen LogP contribution is -2.46. The molecule has 166 valence electrons. The number of fused-ring (bicyclic) bond motifs is 1. The molecule has 0 saturated carbocycles. The van der Waals surface area contributed by atoms with Crippen LogP contribution in [0.15, 0.2) is 36.4 Å². The molecule has 2 heterocycles. The Labute approximate surface area is 183 Å². The normalized spacial score (nSPS) is 16.5. The summed E-state index contributed by atoms with van der Waals surface area (Å²) < 4.78 is 32.5. The smallest absolute Gasteiger partial charge is 0.186 e. The molecule has 1 atom stereocenters. The number of hydrogen-bond donors (Lipinski definition) is 2. The predicted octanol–water partition coefficient (Wildman–Crippen LogP) is 3.62. The zero-order chi connectivity index (χ0) is 22.0. The number of aromatic hydroxyl groups is 1. The third kappa shape index (κ3) is 5.23. The van der Waals surface area contributed by atoms with E-state index in [0.717, 1.165) is 53.4 Å². The molecule has 2 N–H and O–H groups in total. The highest BCUT2D eigenvalue weighted by atomic mass is 32.1. The van der Waals surface area contributed by atoms with Crippen molar-refractivity contribution in [1.29, 1.82) is 0 Å². The van der Waals surface area contributed by atoms with Crippen LogP contribution >= 0.6 is 11.3 Å². The van der Waals surface area contributed by atoms with Gasteiger partial charge < -0.3 is 24.7 Å². The lowest BCUT2D eigenvalue weighted by atomic mass is 10.0. The number of β-amino-alcohol motifs (C(OH)–C–C–N with tert-alkyl or cyclic N) is 1. The number of halogens is 2. The van der Waals surface area contributed by atoms with Gasteiger partial charge in [0.2, 0.25) is 0 Å². The summed E-state index contributed by atoms with van der Waals surface area (Å²) in [5, 5.41) is 20.9. The monoisotopic (exact) mass is 449 g/mol. The number of nitrogens with zero attached hydrogens (tertiary/aromatic N) is 3. The number of ether oxygens (including phenoxy) is 1. The molecule has 4 rings (SSSR count). The van der Waals surface area contributed by atoms with Gasteiger partial charge in [0.1, 0.15) is 24.2 Å². The van der Waals surface area contributed by atoms with E-state index in [4.69, 9.17) is 4.74 Å². The van der Waals surface area contributed by atoms with E-state index in [2.05, 4.69) is 14.8 Å². The van der Waals surface area contributed by atoms with Gasteiger partial charge in [-0.05, 0) is 43.2 Å². The summed E-state index contributed by atoms with van der Waals surface area (Å²) in [7, 11) is 2.04. The molecular weight excluding hydrogens is 424 g/mol. The molecule has 0 amide bonds. The lowest BCUT2D eigenvalue weighted by Gasteiger charge is -2.37. The maximum Gasteiger partial charge on any atom is 0.186 e. The SMILES string of the molecule is CN(c1nc2ccc(O)cc2s1)C1CCN(C[C@H](O)COc2ccc(F)c(F)c2)CC1. The van der Waals surface area contributed by atoms with Crippen molar-refractivity contribution in [3.63, 3.8) is 0 Å². The van der Waals surface area contributed by atoms with Gasteiger partial charge in [0.05, 0.1) is 10.2 Å². The number of rotatable bonds is 7. The Morgan fingerprint density at radius 2 is 1.97 bits per heavy atom. The first-order valence-electron chi connectivity index (χ1n) is 10.2. The second kappa shape index (κ2) is 9.33. The summed E-state index contributed by atoms with van der Waals surface area (Å²) in [5.41, 5.74) is 0.881. The summed E-state index contributed by atoms with van der Waals surface area (Å²) in [4.78, 5) is 9.05. The largest absolute Gasteiger partial charge is 0.508 e. The van der Waals surface area contributed by atoms with E-state index in [1.165, 1.54) is 6.07 Å². The van der Waals surface area contributed by atoms with Crippen molar-refractivity contribution < 1.29 is 23.7 Å². The molecule has 3 aromatic rings. The average Bonchev–Trinajstić information content (AvgIpc) is 3.18. The molecular formula is C22H25F2N3O3S. The fourth-order valence-corrected chi connectivity index (χ4v) is 4.84. The molecule has 1 aliphatic rings. The van der Waals surface area contributed by atoms with E-state index in [1.807, 2.05) is 13.1 Å². The molecule has 31 heavy (non-hydrogen) atoms.